The molecule has 1 amide bonds. The van der Waals surface area contributed by atoms with Gasteiger partial charge >= 0.3 is 0 Å². The first-order valence-corrected chi connectivity index (χ1v) is 14.6. The van der Waals surface area contributed by atoms with Crippen LogP contribution in [0.2, 0.25) is 0 Å². The summed E-state index contributed by atoms with van der Waals surface area (Å²) in [5.41, 5.74) is 5.77. The Balaban J connectivity index is 1.42. The zero-order valence-corrected chi connectivity index (χ0v) is 24.3. The van der Waals surface area contributed by atoms with E-state index in [0.717, 1.165) is 40.8 Å². The van der Waals surface area contributed by atoms with Gasteiger partial charge in [0.05, 0.1) is 29.7 Å². The summed E-state index contributed by atoms with van der Waals surface area (Å²) in [5.74, 6) is 0.416. The normalized spacial score (nSPS) is 19.3. The lowest BCUT2D eigenvalue weighted by Crippen LogP contribution is -2.55. The third-order valence-corrected chi connectivity index (χ3v) is 8.73. The summed E-state index contributed by atoms with van der Waals surface area (Å²) >= 11 is 0. The van der Waals surface area contributed by atoms with E-state index in [1.54, 1.807) is 4.90 Å². The number of benzene rings is 2. The lowest BCUT2D eigenvalue weighted by molar-refractivity contribution is -0.128. The first-order chi connectivity index (χ1) is 20.5. The summed E-state index contributed by atoms with van der Waals surface area (Å²) in [6.07, 6.45) is 5.78. The Morgan fingerprint density at radius 1 is 1.17 bits per heavy atom. The van der Waals surface area contributed by atoms with Crippen molar-refractivity contribution < 1.29 is 9.53 Å². The van der Waals surface area contributed by atoms with E-state index in [9.17, 15) is 10.1 Å². The number of likely N-dealkylation sites (tertiary alicyclic amines) is 1. The van der Waals surface area contributed by atoms with Crippen molar-refractivity contribution in [2.24, 2.45) is 0 Å². The molecular weight excluding hydrogens is 524 g/mol. The minimum absolute atomic E-state index is 0.146. The van der Waals surface area contributed by atoms with Gasteiger partial charge in [-0.3, -0.25) is 9.78 Å². The molecule has 0 N–H and O–H groups in total. The number of hydrogen-bond donors (Lipinski definition) is 0. The molecule has 0 bridgehead atoms. The average molecular weight is 561 g/mol. The number of nitrogens with zero attached hydrogens (tertiary/aromatic N) is 6. The second kappa shape index (κ2) is 11.8. The van der Waals surface area contributed by atoms with Gasteiger partial charge in [0.2, 0.25) is 11.8 Å². The third-order valence-electron chi connectivity index (χ3n) is 8.73. The summed E-state index contributed by atoms with van der Waals surface area (Å²) in [7, 11) is 2.14. The molecule has 214 valence electrons. The number of fused-ring (bicyclic) bond motifs is 2. The zero-order chi connectivity index (χ0) is 29.2. The van der Waals surface area contributed by atoms with E-state index in [1.165, 1.54) is 28.8 Å². The summed E-state index contributed by atoms with van der Waals surface area (Å²) in [6, 6.07) is 19.2. The van der Waals surface area contributed by atoms with E-state index in [0.29, 0.717) is 38.2 Å². The van der Waals surface area contributed by atoms with Crippen LogP contribution < -0.4 is 9.64 Å². The van der Waals surface area contributed by atoms with Crippen LogP contribution in [0.15, 0.2) is 67.4 Å². The average Bonchev–Trinajstić information content (AvgIpc) is 3.43. The molecule has 4 aromatic rings. The number of carbonyl (C=O) groups excluding carboxylic acids is 1. The van der Waals surface area contributed by atoms with Crippen molar-refractivity contribution in [3.63, 3.8) is 0 Å². The Morgan fingerprint density at radius 3 is 2.76 bits per heavy atom. The maximum Gasteiger partial charge on any atom is 0.246 e. The zero-order valence-electron chi connectivity index (χ0n) is 24.3. The molecule has 2 aromatic carbocycles. The first-order valence-electron chi connectivity index (χ1n) is 14.6. The molecule has 2 fully saturated rings. The van der Waals surface area contributed by atoms with Crippen LogP contribution in [0.5, 0.6) is 5.88 Å². The van der Waals surface area contributed by atoms with Gasteiger partial charge in [0.25, 0.3) is 0 Å². The number of aryl methyl sites for hydroxylation is 1. The third kappa shape index (κ3) is 5.28. The largest absolute Gasteiger partial charge is 0.476 e. The van der Waals surface area contributed by atoms with Crippen LogP contribution in [-0.2, 0) is 4.79 Å². The van der Waals surface area contributed by atoms with E-state index in [-0.39, 0.29) is 18.4 Å². The van der Waals surface area contributed by atoms with Gasteiger partial charge in [0.1, 0.15) is 12.1 Å². The fourth-order valence-corrected chi connectivity index (χ4v) is 6.44. The van der Waals surface area contributed by atoms with E-state index >= 15 is 0 Å². The number of likely N-dealkylation sites (N-methyl/N-ethyl adjacent to an activating group) is 1. The van der Waals surface area contributed by atoms with Gasteiger partial charge in [-0.25, -0.2) is 4.98 Å². The number of pyridine rings is 2. The van der Waals surface area contributed by atoms with Crippen molar-refractivity contribution in [1.82, 2.24) is 19.8 Å². The fraction of sp³-hybridized carbons (Fsp3) is 0.353. The maximum absolute atomic E-state index is 12.5. The van der Waals surface area contributed by atoms with Gasteiger partial charge in [-0.15, -0.1) is 0 Å². The Morgan fingerprint density at radius 2 is 2.00 bits per heavy atom. The van der Waals surface area contributed by atoms with Crippen molar-refractivity contribution in [2.45, 2.75) is 38.3 Å². The first kappa shape index (κ1) is 27.7. The van der Waals surface area contributed by atoms with Crippen molar-refractivity contribution >= 4 is 33.4 Å². The highest BCUT2D eigenvalue weighted by Crippen LogP contribution is 2.36. The van der Waals surface area contributed by atoms with Gasteiger partial charge in [-0.1, -0.05) is 43.0 Å². The molecular formula is C34H36N6O2. The Kier molecular flexibility index (Phi) is 7.77. The molecule has 0 aliphatic carbocycles. The van der Waals surface area contributed by atoms with Gasteiger partial charge < -0.3 is 19.4 Å². The Hall–Kier alpha value is -4.48. The van der Waals surface area contributed by atoms with Crippen LogP contribution in [-0.4, -0.2) is 77.6 Å². The van der Waals surface area contributed by atoms with E-state index in [1.807, 2.05) is 12.3 Å². The standard InChI is InChI=1S/C34H36N6O2/c1-4-32(41)40-17-16-39(21-26(40)13-14-35)30-19-31(42-22-27-11-7-15-38(27)3)37-29-18-25(20-36-34(29)30)28-12-6-10-24-9-5-8-23(2)33(24)28/h4-6,8-10,12,18-20,26-27H,1,7,11,13,15-17,21-22H2,2-3H3/t26-,27?/m0/s1. The van der Waals surface area contributed by atoms with Gasteiger partial charge in [0.15, 0.2) is 0 Å². The smallest absolute Gasteiger partial charge is 0.246 e. The molecule has 2 aromatic heterocycles. The highest BCUT2D eigenvalue weighted by molar-refractivity contribution is 6.01. The second-order valence-electron chi connectivity index (χ2n) is 11.3. The number of piperazine rings is 1. The van der Waals surface area contributed by atoms with Gasteiger partial charge in [-0.2, -0.15) is 5.26 Å². The lowest BCUT2D eigenvalue weighted by Gasteiger charge is -2.41. The van der Waals surface area contributed by atoms with E-state index < -0.39 is 0 Å². The molecule has 42 heavy (non-hydrogen) atoms. The monoisotopic (exact) mass is 560 g/mol. The van der Waals surface area contributed by atoms with Crippen molar-refractivity contribution in [3.05, 3.63) is 72.9 Å². The minimum Gasteiger partial charge on any atom is -0.476 e. The number of carbonyl (C=O) groups is 1. The molecule has 2 atom stereocenters. The van der Waals surface area contributed by atoms with Crippen molar-refractivity contribution in [1.29, 1.82) is 5.26 Å². The summed E-state index contributed by atoms with van der Waals surface area (Å²) in [6.45, 7) is 9.06. The van der Waals surface area contributed by atoms with Crippen LogP contribution in [0.3, 0.4) is 0 Å². The van der Waals surface area contributed by atoms with Crippen LogP contribution in [0.4, 0.5) is 5.69 Å². The number of anilines is 1. The molecule has 0 saturated carbocycles. The predicted molar refractivity (Wildman–Crippen MR) is 167 cm³/mol. The maximum atomic E-state index is 12.5. The molecule has 6 rings (SSSR count). The molecule has 8 heteroatoms. The number of amides is 1. The highest BCUT2D eigenvalue weighted by Gasteiger charge is 2.31. The van der Waals surface area contributed by atoms with Gasteiger partial charge in [0, 0.05) is 43.5 Å². The number of ether oxygens (including phenoxy) is 1. The van der Waals surface area contributed by atoms with E-state index in [2.05, 4.69) is 78.9 Å². The van der Waals surface area contributed by atoms with Crippen molar-refractivity contribution in [2.75, 3.05) is 44.7 Å². The lowest BCUT2D eigenvalue weighted by atomic mass is 9.96. The topological polar surface area (TPSA) is 85.6 Å². The van der Waals surface area contributed by atoms with Crippen LogP contribution >= 0.6 is 0 Å². The number of hydrogen-bond acceptors (Lipinski definition) is 7. The quantitative estimate of drug-likeness (QED) is 0.282. The fourth-order valence-electron chi connectivity index (χ4n) is 6.44. The Labute approximate surface area is 246 Å². The molecule has 4 heterocycles. The molecule has 2 aliphatic rings. The van der Waals surface area contributed by atoms with Gasteiger partial charge in [-0.05, 0) is 67.4 Å². The molecule has 2 saturated heterocycles. The summed E-state index contributed by atoms with van der Waals surface area (Å²) in [4.78, 5) is 28.7. The number of rotatable bonds is 7. The SMILES string of the molecule is C=CC(=O)N1CCN(c2cc(OCC3CCCN3C)nc3cc(-c4cccc5cccc(C)c45)cnc23)C[C@@H]1CC#N. The molecule has 0 radical (unpaired) electrons. The number of nitriles is 1. The molecule has 8 nitrogen and oxygen atoms in total. The predicted octanol–water partition coefficient (Wildman–Crippen LogP) is 5.35. The molecule has 2 aliphatic heterocycles. The summed E-state index contributed by atoms with van der Waals surface area (Å²) < 4.78 is 6.35. The number of aromatic nitrogens is 2. The van der Waals surface area contributed by atoms with E-state index in [4.69, 9.17) is 14.7 Å². The van der Waals surface area contributed by atoms with Crippen molar-refractivity contribution in [3.8, 4) is 23.1 Å². The van der Waals surface area contributed by atoms with Crippen LogP contribution in [0.1, 0.15) is 24.8 Å². The van der Waals surface area contributed by atoms with Crippen LogP contribution in [0, 0.1) is 18.3 Å². The molecule has 1 unspecified atom stereocenters. The molecule has 0 spiro atoms. The minimum atomic E-state index is -0.244. The Bertz CT molecular complexity index is 1690. The highest BCUT2D eigenvalue weighted by atomic mass is 16.5. The summed E-state index contributed by atoms with van der Waals surface area (Å²) in [5, 5.41) is 11.9. The second-order valence-corrected chi connectivity index (χ2v) is 11.3. The van der Waals surface area contributed by atoms with Crippen LogP contribution in [0.25, 0.3) is 32.9 Å².